The van der Waals surface area contributed by atoms with E-state index in [4.69, 9.17) is 0 Å². The zero-order valence-corrected chi connectivity index (χ0v) is 39.0. The van der Waals surface area contributed by atoms with Crippen molar-refractivity contribution in [2.45, 2.75) is 96.3 Å². The smallest absolute Gasteiger partial charge is 1.00 e. The summed E-state index contributed by atoms with van der Waals surface area (Å²) in [5, 5.41) is 3.08. The molecule has 1 fully saturated rings. The average Bonchev–Trinajstić information content (AvgIpc) is 3.53. The van der Waals surface area contributed by atoms with Gasteiger partial charge in [0.15, 0.2) is 0 Å². The van der Waals surface area contributed by atoms with E-state index in [0.29, 0.717) is 19.1 Å². The third-order valence-electron chi connectivity index (χ3n) is 12.3. The zero-order valence-electron chi connectivity index (χ0n) is 33.1. The van der Waals surface area contributed by atoms with Gasteiger partial charge in [-0.15, -0.1) is 0 Å². The van der Waals surface area contributed by atoms with Crippen LogP contribution in [0.15, 0.2) is 83.9 Å². The molecule has 4 aromatic carbocycles. The fraction of sp³-hybridized carbons (Fsp3) is 0.391. The Balaban J connectivity index is 0.00000252. The number of allylic oxidation sites excluding steroid dienone is 2. The second-order valence-corrected chi connectivity index (χ2v) is 39.9. The molecule has 0 radical (unpaired) electrons. The number of halogens is 2. The van der Waals surface area contributed by atoms with Crippen LogP contribution in [0, 0.1) is 25.7 Å². The van der Waals surface area contributed by atoms with E-state index in [1.807, 2.05) is 0 Å². The van der Waals surface area contributed by atoms with E-state index in [0.717, 1.165) is 0 Å². The molecule has 51 heavy (non-hydrogen) atoms. The minimum atomic E-state index is -2.90. The molecule has 268 valence electrons. The topological polar surface area (TPSA) is 0 Å². The largest absolute Gasteiger partial charge is 1.00 e. The second-order valence-electron chi connectivity index (χ2n) is 18.4. The van der Waals surface area contributed by atoms with Gasteiger partial charge >= 0.3 is 307 Å². The normalized spacial score (nSPS) is 18.2. The van der Waals surface area contributed by atoms with Gasteiger partial charge in [-0.25, -0.2) is 0 Å². The molecule has 0 nitrogen and oxygen atoms in total. The standard InChI is InChI=1S/2C22H27Si.C2H4.2ClH.Zr/c2*1-15(2)18-13-21-16(3)7-12-20(22(21)14-18)17-8-10-19(11-9-17)23(4,5)6;1-2;;;/h2*7-15H,1-6H3;1-2H2;2*1H;/q;;;;;+2/p-2. The molecule has 1 saturated heterocycles. The minimum Gasteiger partial charge on any atom is -1.00 e. The van der Waals surface area contributed by atoms with Gasteiger partial charge in [0.1, 0.15) is 0 Å². The number of aryl methyl sites for hydroxylation is 2. The predicted molar refractivity (Wildman–Crippen MR) is 220 cm³/mol. The van der Waals surface area contributed by atoms with Crippen LogP contribution in [-0.2, 0) is 20.3 Å². The molecule has 7 rings (SSSR count). The summed E-state index contributed by atoms with van der Waals surface area (Å²) in [6.07, 6.45) is 5.38. The van der Waals surface area contributed by atoms with Crippen LogP contribution in [0.25, 0.3) is 34.4 Å². The molecule has 0 bridgehead atoms. The van der Waals surface area contributed by atoms with Crippen LogP contribution >= 0.6 is 0 Å². The Labute approximate surface area is 328 Å². The summed E-state index contributed by atoms with van der Waals surface area (Å²) >= 11 is -2.90. The van der Waals surface area contributed by atoms with Crippen LogP contribution in [0.1, 0.15) is 68.3 Å². The first-order valence-corrected chi connectivity index (χ1v) is 32.3. The van der Waals surface area contributed by atoms with Crippen molar-refractivity contribution in [2.24, 2.45) is 11.8 Å². The van der Waals surface area contributed by atoms with Crippen molar-refractivity contribution in [3.8, 4) is 22.3 Å². The van der Waals surface area contributed by atoms with E-state index in [9.17, 15) is 0 Å². The molecule has 2 aliphatic carbocycles. The predicted octanol–water partition coefficient (Wildman–Crippen LogP) is 6.63. The molecule has 3 aliphatic rings. The van der Waals surface area contributed by atoms with Crippen molar-refractivity contribution in [1.29, 1.82) is 0 Å². The van der Waals surface area contributed by atoms with Crippen LogP contribution < -0.4 is 35.2 Å². The number of fused-ring (bicyclic) bond motifs is 2. The van der Waals surface area contributed by atoms with Crippen molar-refractivity contribution in [3.63, 3.8) is 0 Å². The summed E-state index contributed by atoms with van der Waals surface area (Å²) in [5.74, 6) is 1.11. The van der Waals surface area contributed by atoms with Crippen LogP contribution in [0.5, 0.6) is 0 Å². The molecule has 1 heterocycles. The molecule has 0 spiro atoms. The van der Waals surface area contributed by atoms with Gasteiger partial charge in [-0.1, -0.05) is 0 Å². The van der Waals surface area contributed by atoms with Crippen molar-refractivity contribution < 1.29 is 45.1 Å². The first-order valence-electron chi connectivity index (χ1n) is 18.9. The van der Waals surface area contributed by atoms with Gasteiger partial charge < -0.3 is 24.8 Å². The van der Waals surface area contributed by atoms with Crippen LogP contribution in [-0.4, -0.2) is 16.1 Å². The fourth-order valence-corrected chi connectivity index (χ4v) is 30.3. The summed E-state index contributed by atoms with van der Waals surface area (Å²) in [5.41, 5.74) is 18.6. The van der Waals surface area contributed by atoms with Crippen molar-refractivity contribution in [2.75, 3.05) is 0 Å². The Morgan fingerprint density at radius 2 is 0.843 bits per heavy atom. The molecule has 1 aliphatic heterocycles. The Kier molecular flexibility index (Phi) is 11.5. The van der Waals surface area contributed by atoms with Crippen molar-refractivity contribution in [1.82, 2.24) is 0 Å². The van der Waals surface area contributed by atoms with Gasteiger partial charge in [0.25, 0.3) is 0 Å². The Hall–Kier alpha value is -1.74. The maximum atomic E-state index is 2.69. The second kappa shape index (κ2) is 14.5. The fourth-order valence-electron chi connectivity index (χ4n) is 9.33. The van der Waals surface area contributed by atoms with E-state index in [1.54, 1.807) is 43.8 Å². The van der Waals surface area contributed by atoms with Crippen LogP contribution in [0.4, 0.5) is 0 Å². The van der Waals surface area contributed by atoms with E-state index >= 15 is 0 Å². The molecular formula is C46H58Cl2Si2Zr. The van der Waals surface area contributed by atoms with Crippen molar-refractivity contribution >= 4 is 38.7 Å². The van der Waals surface area contributed by atoms with Crippen LogP contribution in [0.3, 0.4) is 0 Å². The molecule has 4 aromatic rings. The number of rotatable bonds is 8. The number of hydrogen-bond acceptors (Lipinski definition) is 0. The minimum absolute atomic E-state index is 0. The Bertz CT molecular complexity index is 1860. The maximum Gasteiger partial charge on any atom is -1.00 e. The average molecular weight is 829 g/mol. The number of hydrogen-bond donors (Lipinski definition) is 0. The van der Waals surface area contributed by atoms with E-state index < -0.39 is 36.4 Å². The molecule has 0 saturated carbocycles. The zero-order chi connectivity index (χ0) is 35.2. The monoisotopic (exact) mass is 826 g/mol. The summed E-state index contributed by atoms with van der Waals surface area (Å²) in [6.45, 7) is 29.4. The molecule has 2 atom stereocenters. The maximum absolute atomic E-state index is 2.90. The summed E-state index contributed by atoms with van der Waals surface area (Å²) in [4.78, 5) is 0. The van der Waals surface area contributed by atoms with Gasteiger partial charge in [-0.2, -0.15) is 0 Å². The SMILES string of the molecule is Cc1ccc(-c2ccc([Si](C)(C)C)cc2)c2c1[CH]([Zr+2]1([CH]3C(C(C)C)=Cc4c(-c5ccc([Si](C)(C)C)cc5)ccc(C)c43)[CH2][CH2]1)C(C(C)C)=C2.[Cl-].[Cl-]. The van der Waals surface area contributed by atoms with E-state index in [1.165, 1.54) is 41.6 Å². The van der Waals surface area contributed by atoms with Crippen LogP contribution in [0.2, 0.25) is 47.5 Å². The van der Waals surface area contributed by atoms with Gasteiger partial charge in [0.05, 0.1) is 0 Å². The molecule has 5 heteroatoms. The Morgan fingerprint density at radius 1 is 0.510 bits per heavy atom. The van der Waals surface area contributed by atoms with Gasteiger partial charge in [0, 0.05) is 0 Å². The molecule has 0 N–H and O–H groups in total. The van der Waals surface area contributed by atoms with Gasteiger partial charge in [-0.05, 0) is 0 Å². The molecular weight excluding hydrogens is 771 g/mol. The molecule has 2 unspecified atom stereocenters. The van der Waals surface area contributed by atoms with Crippen molar-refractivity contribution in [3.05, 3.63) is 117 Å². The van der Waals surface area contributed by atoms with Gasteiger partial charge in [0.2, 0.25) is 0 Å². The van der Waals surface area contributed by atoms with Gasteiger partial charge in [-0.3, -0.25) is 0 Å². The summed E-state index contributed by atoms with van der Waals surface area (Å²) in [6, 6.07) is 29.1. The summed E-state index contributed by atoms with van der Waals surface area (Å²) in [7, 11) is -2.70. The number of benzene rings is 4. The first-order chi connectivity index (χ1) is 23.0. The van der Waals surface area contributed by atoms with E-state index in [2.05, 4.69) is 166 Å². The molecule has 0 amide bonds. The Morgan fingerprint density at radius 3 is 1.12 bits per heavy atom. The quantitative estimate of drug-likeness (QED) is 0.175. The first kappa shape index (κ1) is 40.4. The summed E-state index contributed by atoms with van der Waals surface area (Å²) < 4.78 is 4.31. The van der Waals surface area contributed by atoms with E-state index in [-0.39, 0.29) is 24.8 Å². The molecule has 0 aromatic heterocycles. The third kappa shape index (κ3) is 7.02. The third-order valence-corrected chi connectivity index (χ3v) is 29.2.